The van der Waals surface area contributed by atoms with Crippen LogP contribution in [0.4, 0.5) is 0 Å². The van der Waals surface area contributed by atoms with Crippen LogP contribution >= 0.6 is 23.2 Å². The average Bonchev–Trinajstić information content (AvgIpc) is 2.74. The highest BCUT2D eigenvalue weighted by atomic mass is 35.5. The Balaban J connectivity index is 2.33. The monoisotopic (exact) mass is 300 g/mol. The van der Waals surface area contributed by atoms with Crippen LogP contribution < -0.4 is 0 Å². The number of rotatable bonds is 4. The van der Waals surface area contributed by atoms with E-state index in [0.717, 1.165) is 11.4 Å². The van der Waals surface area contributed by atoms with E-state index in [9.17, 15) is 10.2 Å². The van der Waals surface area contributed by atoms with Crippen LogP contribution in [-0.4, -0.2) is 19.8 Å². The molecule has 102 valence electrons. The maximum atomic E-state index is 9.53. The van der Waals surface area contributed by atoms with Crippen molar-refractivity contribution in [2.75, 3.05) is 0 Å². The molecule has 2 unspecified atom stereocenters. The van der Waals surface area contributed by atoms with E-state index < -0.39 is 11.1 Å². The van der Waals surface area contributed by atoms with E-state index in [1.807, 2.05) is 23.9 Å². The van der Waals surface area contributed by atoms with Crippen molar-refractivity contribution in [2.24, 2.45) is 7.05 Å². The number of halogens is 2. The molecule has 1 aromatic carbocycles. The highest BCUT2D eigenvalue weighted by Crippen LogP contribution is 2.29. The molecule has 19 heavy (non-hydrogen) atoms. The minimum absolute atomic E-state index is 0.410. The zero-order valence-electron chi connectivity index (χ0n) is 10.3. The molecule has 1 heterocycles. The van der Waals surface area contributed by atoms with E-state index in [0.29, 0.717) is 17.5 Å². The standard InChI is InChI=1S/C13H14Cl2N2O2/c1-17-5-4-16-11(17)7-8-2-3-9(12(14)18)10(6-8)13(15)19/h2-6,12-13,18-19H,7H2,1H3. The number of hydrogen-bond donors (Lipinski definition) is 2. The molecule has 4 nitrogen and oxygen atoms in total. The van der Waals surface area contributed by atoms with Crippen molar-refractivity contribution in [1.82, 2.24) is 9.55 Å². The van der Waals surface area contributed by atoms with Gasteiger partial charge in [0.15, 0.2) is 11.1 Å². The summed E-state index contributed by atoms with van der Waals surface area (Å²) in [6.45, 7) is 0. The van der Waals surface area contributed by atoms with Crippen molar-refractivity contribution in [3.05, 3.63) is 53.1 Å². The fraction of sp³-hybridized carbons (Fsp3) is 0.308. The topological polar surface area (TPSA) is 58.3 Å². The summed E-state index contributed by atoms with van der Waals surface area (Å²) >= 11 is 11.3. The van der Waals surface area contributed by atoms with Crippen LogP contribution in [0.2, 0.25) is 0 Å². The van der Waals surface area contributed by atoms with Crippen molar-refractivity contribution >= 4 is 23.2 Å². The number of benzene rings is 1. The van der Waals surface area contributed by atoms with Gasteiger partial charge in [0.25, 0.3) is 0 Å². The molecule has 2 rings (SSSR count). The Morgan fingerprint density at radius 1 is 1.21 bits per heavy atom. The number of hydrogen-bond acceptors (Lipinski definition) is 3. The fourth-order valence-corrected chi connectivity index (χ4v) is 2.29. The van der Waals surface area contributed by atoms with Crippen LogP contribution in [0.5, 0.6) is 0 Å². The van der Waals surface area contributed by atoms with Crippen LogP contribution in [0.1, 0.15) is 33.6 Å². The first-order valence-corrected chi connectivity index (χ1v) is 6.59. The summed E-state index contributed by atoms with van der Waals surface area (Å²) in [6, 6.07) is 5.22. The molecular weight excluding hydrogens is 287 g/mol. The molecule has 2 N–H and O–H groups in total. The first-order valence-electron chi connectivity index (χ1n) is 5.72. The van der Waals surface area contributed by atoms with Crippen molar-refractivity contribution in [1.29, 1.82) is 0 Å². The number of alkyl halides is 2. The third-order valence-electron chi connectivity index (χ3n) is 2.95. The molecule has 0 aliphatic heterocycles. The van der Waals surface area contributed by atoms with Gasteiger partial charge < -0.3 is 14.8 Å². The summed E-state index contributed by atoms with van der Waals surface area (Å²) in [4.78, 5) is 4.24. The van der Waals surface area contributed by atoms with E-state index in [2.05, 4.69) is 4.98 Å². The van der Waals surface area contributed by atoms with Gasteiger partial charge in [0.1, 0.15) is 5.82 Å². The largest absolute Gasteiger partial charge is 0.373 e. The SMILES string of the molecule is Cn1ccnc1Cc1ccc(C(O)Cl)c(C(O)Cl)c1. The normalized spacial score (nSPS) is 14.4. The third kappa shape index (κ3) is 3.28. The lowest BCUT2D eigenvalue weighted by Gasteiger charge is -2.14. The Morgan fingerprint density at radius 2 is 1.89 bits per heavy atom. The average molecular weight is 301 g/mol. The van der Waals surface area contributed by atoms with Crippen molar-refractivity contribution in [3.8, 4) is 0 Å². The Morgan fingerprint density at radius 3 is 2.42 bits per heavy atom. The summed E-state index contributed by atoms with van der Waals surface area (Å²) in [5.41, 5.74) is -0.635. The van der Waals surface area contributed by atoms with Crippen LogP contribution in [0, 0.1) is 0 Å². The van der Waals surface area contributed by atoms with Crippen LogP contribution in [0.25, 0.3) is 0 Å². The molecule has 0 bridgehead atoms. The zero-order chi connectivity index (χ0) is 14.0. The maximum Gasteiger partial charge on any atom is 0.153 e. The number of aromatic nitrogens is 2. The van der Waals surface area contributed by atoms with Gasteiger partial charge in [-0.1, -0.05) is 41.4 Å². The van der Waals surface area contributed by atoms with Crippen molar-refractivity contribution in [2.45, 2.75) is 17.5 Å². The molecular formula is C13H14Cl2N2O2. The lowest BCUT2D eigenvalue weighted by molar-refractivity contribution is 0.240. The van der Waals surface area contributed by atoms with Gasteiger partial charge >= 0.3 is 0 Å². The van der Waals surface area contributed by atoms with Crippen molar-refractivity contribution < 1.29 is 10.2 Å². The quantitative estimate of drug-likeness (QED) is 0.853. The van der Waals surface area contributed by atoms with E-state index in [-0.39, 0.29) is 0 Å². The zero-order valence-corrected chi connectivity index (χ0v) is 11.8. The Bertz CT molecular complexity index is 568. The first-order chi connectivity index (χ1) is 8.99. The molecule has 0 saturated carbocycles. The number of nitrogens with zero attached hydrogens (tertiary/aromatic N) is 2. The molecule has 2 atom stereocenters. The second-order valence-electron chi connectivity index (χ2n) is 4.27. The molecule has 0 spiro atoms. The molecule has 1 aromatic heterocycles. The van der Waals surface area contributed by atoms with Crippen LogP contribution in [0.3, 0.4) is 0 Å². The summed E-state index contributed by atoms with van der Waals surface area (Å²) in [5, 5.41) is 19.0. The molecule has 6 heteroatoms. The molecule has 0 fully saturated rings. The van der Waals surface area contributed by atoms with E-state index in [4.69, 9.17) is 23.2 Å². The molecule has 0 aliphatic carbocycles. The van der Waals surface area contributed by atoms with Gasteiger partial charge in [0.05, 0.1) is 0 Å². The summed E-state index contributed by atoms with van der Waals surface area (Å²) in [6.07, 6.45) is 4.20. The van der Waals surface area contributed by atoms with Gasteiger partial charge in [-0.2, -0.15) is 0 Å². The van der Waals surface area contributed by atoms with E-state index >= 15 is 0 Å². The van der Waals surface area contributed by atoms with Gasteiger partial charge in [-0.25, -0.2) is 4.98 Å². The van der Waals surface area contributed by atoms with Gasteiger partial charge in [-0.15, -0.1) is 0 Å². The third-order valence-corrected chi connectivity index (χ3v) is 3.42. The molecule has 0 saturated heterocycles. The van der Waals surface area contributed by atoms with Gasteiger partial charge in [0.2, 0.25) is 0 Å². The lowest BCUT2D eigenvalue weighted by atomic mass is 10.0. The highest BCUT2D eigenvalue weighted by Gasteiger charge is 2.15. The first kappa shape index (κ1) is 14.3. The smallest absolute Gasteiger partial charge is 0.153 e. The van der Waals surface area contributed by atoms with E-state index in [1.54, 1.807) is 18.3 Å². The Labute approximate surface area is 121 Å². The van der Waals surface area contributed by atoms with Gasteiger partial charge in [-0.05, 0) is 5.56 Å². The minimum atomic E-state index is -1.20. The molecule has 0 aliphatic rings. The summed E-state index contributed by atoms with van der Waals surface area (Å²) in [5.74, 6) is 0.897. The maximum absolute atomic E-state index is 9.53. The van der Waals surface area contributed by atoms with Gasteiger partial charge in [-0.3, -0.25) is 0 Å². The molecule has 0 radical (unpaired) electrons. The second kappa shape index (κ2) is 5.92. The summed E-state index contributed by atoms with van der Waals surface area (Å²) in [7, 11) is 1.91. The van der Waals surface area contributed by atoms with E-state index in [1.165, 1.54) is 0 Å². The summed E-state index contributed by atoms with van der Waals surface area (Å²) < 4.78 is 1.92. The van der Waals surface area contributed by atoms with Crippen molar-refractivity contribution in [3.63, 3.8) is 0 Å². The minimum Gasteiger partial charge on any atom is -0.373 e. The fourth-order valence-electron chi connectivity index (χ4n) is 1.91. The predicted molar refractivity (Wildman–Crippen MR) is 74.1 cm³/mol. The Hall–Kier alpha value is -1.07. The molecule has 2 aromatic rings. The number of aryl methyl sites for hydroxylation is 1. The van der Waals surface area contributed by atoms with Crippen LogP contribution in [-0.2, 0) is 13.5 Å². The van der Waals surface area contributed by atoms with Gasteiger partial charge in [0, 0.05) is 37.0 Å². The predicted octanol–water partition coefficient (Wildman–Crippen LogP) is 2.47. The highest BCUT2D eigenvalue weighted by molar-refractivity contribution is 6.21. The second-order valence-corrected chi connectivity index (χ2v) is 5.09. The number of aliphatic hydroxyl groups is 2. The Kier molecular flexibility index (Phi) is 4.47. The number of imidazole rings is 1. The van der Waals surface area contributed by atoms with Crippen LogP contribution in [0.15, 0.2) is 30.6 Å². The molecule has 0 amide bonds. The number of aliphatic hydroxyl groups excluding tert-OH is 2. The lowest BCUT2D eigenvalue weighted by Crippen LogP contribution is -2.03.